The maximum absolute atomic E-state index is 11.0. The molecule has 0 bridgehead atoms. The molecule has 0 aromatic carbocycles. The van der Waals surface area contributed by atoms with E-state index in [-0.39, 0.29) is 17.7 Å². The number of hydrazine groups is 1. The molecule has 9 heteroatoms. The summed E-state index contributed by atoms with van der Waals surface area (Å²) in [6.45, 7) is 0. The summed E-state index contributed by atoms with van der Waals surface area (Å²) in [5, 5.41) is 0.405. The Morgan fingerprint density at radius 1 is 1.47 bits per heavy atom. The fourth-order valence-corrected chi connectivity index (χ4v) is 1.52. The Bertz CT molecular complexity index is 400. The number of ether oxygens (including phenoxy) is 1. The predicted octanol–water partition coefficient (Wildman–Crippen LogP) is -0.512. The van der Waals surface area contributed by atoms with Crippen molar-refractivity contribution in [1.82, 2.24) is 15.0 Å². The Balaban J connectivity index is 2.83. The van der Waals surface area contributed by atoms with E-state index in [1.165, 1.54) is 7.11 Å². The van der Waals surface area contributed by atoms with Gasteiger partial charge in [-0.1, -0.05) is 11.8 Å². The lowest BCUT2D eigenvalue weighted by molar-refractivity contribution is -0.137. The molecule has 1 aromatic rings. The highest BCUT2D eigenvalue weighted by Gasteiger charge is 2.10. The average Bonchev–Trinajstić information content (AvgIpc) is 2.35. The van der Waals surface area contributed by atoms with Gasteiger partial charge in [-0.3, -0.25) is 10.2 Å². The van der Waals surface area contributed by atoms with E-state index in [1.807, 2.05) is 0 Å². The number of carbonyl (C=O) groups is 1. The van der Waals surface area contributed by atoms with E-state index in [0.717, 1.165) is 11.8 Å². The van der Waals surface area contributed by atoms with Gasteiger partial charge in [0, 0.05) is 14.1 Å². The number of esters is 1. The molecule has 1 rings (SSSR count). The zero-order valence-corrected chi connectivity index (χ0v) is 10.6. The second kappa shape index (κ2) is 6.21. The van der Waals surface area contributed by atoms with Gasteiger partial charge < -0.3 is 9.64 Å². The molecule has 0 aliphatic heterocycles. The first-order valence-electron chi connectivity index (χ1n) is 4.66. The van der Waals surface area contributed by atoms with E-state index in [0.29, 0.717) is 11.1 Å². The number of nitrogen functional groups attached to an aromatic ring is 1. The highest BCUT2D eigenvalue weighted by Crippen LogP contribution is 2.17. The molecule has 0 fully saturated rings. The van der Waals surface area contributed by atoms with Gasteiger partial charge in [0.1, 0.15) is 0 Å². The molecule has 0 spiro atoms. The first-order valence-corrected chi connectivity index (χ1v) is 5.65. The number of nitrogens with zero attached hydrogens (tertiary/aromatic N) is 4. The maximum Gasteiger partial charge on any atom is 0.316 e. The minimum absolute atomic E-state index is 0.136. The fraction of sp³-hybridized carbons (Fsp3) is 0.500. The molecule has 1 heterocycles. The molecular weight excluding hydrogens is 244 g/mol. The molecule has 0 saturated carbocycles. The van der Waals surface area contributed by atoms with Gasteiger partial charge >= 0.3 is 5.97 Å². The predicted molar refractivity (Wildman–Crippen MR) is 64.7 cm³/mol. The summed E-state index contributed by atoms with van der Waals surface area (Å²) >= 11 is 1.16. The Kier molecular flexibility index (Phi) is 4.91. The number of hydrogen-bond donors (Lipinski definition) is 2. The molecule has 0 saturated heterocycles. The number of nitrogens with one attached hydrogen (secondary N) is 1. The topological polar surface area (TPSA) is 106 Å². The molecule has 94 valence electrons. The molecule has 0 amide bonds. The summed E-state index contributed by atoms with van der Waals surface area (Å²) in [7, 11) is 4.92. The zero-order valence-electron chi connectivity index (χ0n) is 9.80. The standard InChI is InChI=1S/C8H14N6O2S/c1-14(2)7-10-6(13-9)11-8(12-7)17-4-5(15)16-3/h4,9H2,1-3H3,(H,10,11,12,13). The monoisotopic (exact) mass is 258 g/mol. The van der Waals surface area contributed by atoms with Gasteiger partial charge in [0.05, 0.1) is 12.9 Å². The highest BCUT2D eigenvalue weighted by atomic mass is 32.2. The largest absolute Gasteiger partial charge is 0.468 e. The van der Waals surface area contributed by atoms with Crippen LogP contribution in [0.1, 0.15) is 0 Å². The number of nitrogens with two attached hydrogens (primary N) is 1. The first kappa shape index (κ1) is 13.5. The second-order valence-corrected chi connectivity index (χ2v) is 4.09. The van der Waals surface area contributed by atoms with Crippen LogP contribution in [0.25, 0.3) is 0 Å². The third-order valence-corrected chi connectivity index (χ3v) is 2.50. The van der Waals surface area contributed by atoms with E-state index in [1.54, 1.807) is 19.0 Å². The molecule has 8 nitrogen and oxygen atoms in total. The number of aromatic nitrogens is 3. The molecule has 1 aromatic heterocycles. The molecule has 0 atom stereocenters. The first-order chi connectivity index (χ1) is 8.06. The number of anilines is 2. The molecular formula is C8H14N6O2S. The maximum atomic E-state index is 11.0. The van der Waals surface area contributed by atoms with Crippen molar-refractivity contribution in [3.63, 3.8) is 0 Å². The van der Waals surface area contributed by atoms with Crippen molar-refractivity contribution in [2.45, 2.75) is 5.16 Å². The average molecular weight is 258 g/mol. The molecule has 0 aliphatic rings. The summed E-state index contributed by atoms with van der Waals surface area (Å²) in [6.07, 6.45) is 0. The third-order valence-electron chi connectivity index (χ3n) is 1.68. The highest BCUT2D eigenvalue weighted by molar-refractivity contribution is 7.99. The van der Waals surface area contributed by atoms with Gasteiger partial charge in [-0.2, -0.15) is 15.0 Å². The van der Waals surface area contributed by atoms with Gasteiger partial charge in [0.25, 0.3) is 0 Å². The van der Waals surface area contributed by atoms with E-state index in [2.05, 4.69) is 25.1 Å². The Morgan fingerprint density at radius 3 is 2.71 bits per heavy atom. The molecule has 0 unspecified atom stereocenters. The normalized spacial score (nSPS) is 9.88. The minimum atomic E-state index is -0.343. The second-order valence-electron chi connectivity index (χ2n) is 3.15. The van der Waals surface area contributed by atoms with Crippen molar-refractivity contribution in [1.29, 1.82) is 0 Å². The van der Waals surface area contributed by atoms with Crippen LogP contribution in [0.2, 0.25) is 0 Å². The van der Waals surface area contributed by atoms with Crippen LogP contribution < -0.4 is 16.2 Å². The van der Waals surface area contributed by atoms with Crippen LogP contribution in [-0.4, -0.2) is 47.9 Å². The van der Waals surface area contributed by atoms with Crippen LogP contribution in [-0.2, 0) is 9.53 Å². The van der Waals surface area contributed by atoms with Gasteiger partial charge in [-0.15, -0.1) is 0 Å². The van der Waals surface area contributed by atoms with Crippen molar-refractivity contribution in [3.8, 4) is 0 Å². The summed E-state index contributed by atoms with van der Waals surface area (Å²) < 4.78 is 4.52. The number of thioether (sulfide) groups is 1. The number of carbonyl (C=O) groups excluding carboxylic acids is 1. The zero-order chi connectivity index (χ0) is 12.8. The van der Waals surface area contributed by atoms with Crippen LogP contribution in [0.3, 0.4) is 0 Å². The Hall–Kier alpha value is -1.61. The number of hydrogen-bond acceptors (Lipinski definition) is 9. The Labute approximate surface area is 103 Å². The van der Waals surface area contributed by atoms with Crippen molar-refractivity contribution >= 4 is 29.6 Å². The minimum Gasteiger partial charge on any atom is -0.468 e. The molecule has 3 N–H and O–H groups in total. The summed E-state index contributed by atoms with van der Waals surface area (Å²) in [5.41, 5.74) is 2.35. The lowest BCUT2D eigenvalue weighted by Gasteiger charge is -2.11. The van der Waals surface area contributed by atoms with Crippen LogP contribution in [0.15, 0.2) is 5.16 Å². The molecule has 0 radical (unpaired) electrons. The van der Waals surface area contributed by atoms with Crippen molar-refractivity contribution in [3.05, 3.63) is 0 Å². The lowest BCUT2D eigenvalue weighted by atomic mass is 10.8. The number of methoxy groups -OCH3 is 1. The summed E-state index contributed by atoms with van der Waals surface area (Å²) in [5.74, 6) is 5.75. The Morgan fingerprint density at radius 2 is 2.18 bits per heavy atom. The van der Waals surface area contributed by atoms with Gasteiger partial charge in [-0.25, -0.2) is 5.84 Å². The van der Waals surface area contributed by atoms with Crippen LogP contribution in [0.4, 0.5) is 11.9 Å². The van der Waals surface area contributed by atoms with Crippen LogP contribution >= 0.6 is 11.8 Å². The van der Waals surface area contributed by atoms with Gasteiger partial charge in [0.15, 0.2) is 5.16 Å². The molecule has 17 heavy (non-hydrogen) atoms. The van der Waals surface area contributed by atoms with E-state index >= 15 is 0 Å². The van der Waals surface area contributed by atoms with E-state index in [4.69, 9.17) is 5.84 Å². The summed E-state index contributed by atoms with van der Waals surface area (Å²) in [6, 6.07) is 0. The smallest absolute Gasteiger partial charge is 0.316 e. The van der Waals surface area contributed by atoms with E-state index < -0.39 is 0 Å². The van der Waals surface area contributed by atoms with Gasteiger partial charge in [-0.05, 0) is 0 Å². The molecule has 0 aliphatic carbocycles. The summed E-state index contributed by atoms with van der Waals surface area (Å²) in [4.78, 5) is 24.9. The van der Waals surface area contributed by atoms with Crippen molar-refractivity contribution < 1.29 is 9.53 Å². The van der Waals surface area contributed by atoms with Crippen molar-refractivity contribution in [2.75, 3.05) is 37.3 Å². The SMILES string of the molecule is COC(=O)CSc1nc(NN)nc(N(C)C)n1. The van der Waals surface area contributed by atoms with Gasteiger partial charge in [0.2, 0.25) is 11.9 Å². The van der Waals surface area contributed by atoms with Crippen molar-refractivity contribution in [2.24, 2.45) is 5.84 Å². The fourth-order valence-electron chi connectivity index (χ4n) is 0.857. The van der Waals surface area contributed by atoms with E-state index in [9.17, 15) is 4.79 Å². The van der Waals surface area contributed by atoms with Crippen LogP contribution in [0.5, 0.6) is 0 Å². The third kappa shape index (κ3) is 4.04. The lowest BCUT2D eigenvalue weighted by Crippen LogP contribution is -2.18. The number of rotatable bonds is 5. The quantitative estimate of drug-likeness (QED) is 0.312. The van der Waals surface area contributed by atoms with Crippen LogP contribution in [0, 0.1) is 0 Å².